The van der Waals surface area contributed by atoms with Crippen LogP contribution in [-0.4, -0.2) is 64.6 Å². The van der Waals surface area contributed by atoms with E-state index in [0.29, 0.717) is 25.4 Å². The quantitative estimate of drug-likeness (QED) is 0.850. The first-order valence-corrected chi connectivity index (χ1v) is 8.54. The number of urea groups is 1. The molecule has 1 fully saturated rings. The minimum absolute atomic E-state index is 0.141. The summed E-state index contributed by atoms with van der Waals surface area (Å²) >= 11 is 1.61. The fraction of sp³-hybridized carbons (Fsp3) is 0.667. The zero-order chi connectivity index (χ0) is 17.1. The van der Waals surface area contributed by atoms with Gasteiger partial charge in [0, 0.05) is 30.9 Å². The Kier molecular flexibility index (Phi) is 5.59. The van der Waals surface area contributed by atoms with Gasteiger partial charge in [0.05, 0.1) is 17.2 Å². The maximum atomic E-state index is 12.3. The predicted molar refractivity (Wildman–Crippen MR) is 88.7 cm³/mol. The molecule has 0 radical (unpaired) electrons. The largest absolute Gasteiger partial charge is 0.480 e. The van der Waals surface area contributed by atoms with Gasteiger partial charge in [-0.05, 0) is 13.5 Å². The summed E-state index contributed by atoms with van der Waals surface area (Å²) in [7, 11) is 3.48. The first-order chi connectivity index (χ1) is 10.8. The number of likely N-dealkylation sites (tertiary alicyclic amines) is 1. The van der Waals surface area contributed by atoms with Crippen molar-refractivity contribution in [1.29, 1.82) is 0 Å². The van der Waals surface area contributed by atoms with Crippen LogP contribution >= 0.6 is 11.3 Å². The van der Waals surface area contributed by atoms with Gasteiger partial charge in [0.25, 0.3) is 0 Å². The summed E-state index contributed by atoms with van der Waals surface area (Å²) in [5.41, 5.74) is 0.878. The minimum Gasteiger partial charge on any atom is -0.480 e. The van der Waals surface area contributed by atoms with Crippen LogP contribution in [0.4, 0.5) is 4.79 Å². The molecule has 0 unspecified atom stereocenters. The van der Waals surface area contributed by atoms with E-state index in [-0.39, 0.29) is 12.1 Å². The zero-order valence-electron chi connectivity index (χ0n) is 13.9. The van der Waals surface area contributed by atoms with Gasteiger partial charge in [0.2, 0.25) is 0 Å². The molecule has 1 saturated heterocycles. The van der Waals surface area contributed by atoms with Gasteiger partial charge in [-0.25, -0.2) is 9.78 Å². The Bertz CT molecular complexity index is 575. The second-order valence-electron chi connectivity index (χ2n) is 6.36. The number of hydrogen-bond acceptors (Lipinski definition) is 5. The molecule has 7 nitrogen and oxygen atoms in total. The fourth-order valence-electron chi connectivity index (χ4n) is 2.65. The standard InChI is InChI=1S/C15H24N4O3S/c1-9(2)13-16-11(8-23-13)7-19(4)15(22)17-10-5-12(14(20)21)18(3)6-10/h8-10,12H,5-7H2,1-4H3,(H,17,22)(H,20,21)/t10-,12-/m0/s1. The molecule has 2 heterocycles. The van der Waals surface area contributed by atoms with Crippen molar-refractivity contribution >= 4 is 23.3 Å². The topological polar surface area (TPSA) is 85.8 Å². The van der Waals surface area contributed by atoms with Crippen LogP contribution in [0, 0.1) is 0 Å². The number of amides is 2. The molecule has 1 aromatic heterocycles. The Morgan fingerprint density at radius 3 is 2.78 bits per heavy atom. The van der Waals surface area contributed by atoms with Crippen LogP contribution in [0.5, 0.6) is 0 Å². The van der Waals surface area contributed by atoms with Gasteiger partial charge in [-0.2, -0.15) is 0 Å². The van der Waals surface area contributed by atoms with Crippen LogP contribution in [0.25, 0.3) is 0 Å². The molecule has 2 atom stereocenters. The molecule has 0 spiro atoms. The van der Waals surface area contributed by atoms with E-state index in [9.17, 15) is 9.59 Å². The number of carboxylic acid groups (broad SMARTS) is 1. The molecule has 8 heteroatoms. The Labute approximate surface area is 140 Å². The molecule has 1 aliphatic heterocycles. The van der Waals surface area contributed by atoms with Crippen LogP contribution in [0.1, 0.15) is 36.9 Å². The lowest BCUT2D eigenvalue weighted by Crippen LogP contribution is -2.43. The lowest BCUT2D eigenvalue weighted by molar-refractivity contribution is -0.141. The smallest absolute Gasteiger partial charge is 0.320 e. The van der Waals surface area contributed by atoms with Crippen LogP contribution in [0.15, 0.2) is 5.38 Å². The Morgan fingerprint density at radius 2 is 2.26 bits per heavy atom. The summed E-state index contributed by atoms with van der Waals surface area (Å²) in [5.74, 6) is -0.462. The third kappa shape index (κ3) is 4.42. The summed E-state index contributed by atoms with van der Waals surface area (Å²) in [6.45, 7) is 5.17. The molecule has 0 bridgehead atoms. The van der Waals surface area contributed by atoms with Gasteiger partial charge >= 0.3 is 12.0 Å². The molecule has 1 aromatic rings. The highest BCUT2D eigenvalue weighted by molar-refractivity contribution is 7.09. The average Bonchev–Trinajstić information content (AvgIpc) is 3.05. The summed E-state index contributed by atoms with van der Waals surface area (Å²) in [6, 6.07) is -0.871. The highest BCUT2D eigenvalue weighted by atomic mass is 32.1. The molecular weight excluding hydrogens is 316 g/mol. The van der Waals surface area contributed by atoms with E-state index in [1.54, 1.807) is 35.2 Å². The molecule has 0 saturated carbocycles. The van der Waals surface area contributed by atoms with Crippen LogP contribution in [0.2, 0.25) is 0 Å². The maximum Gasteiger partial charge on any atom is 0.320 e. The highest BCUT2D eigenvalue weighted by Crippen LogP contribution is 2.20. The van der Waals surface area contributed by atoms with E-state index in [4.69, 9.17) is 5.11 Å². The van der Waals surface area contributed by atoms with Gasteiger partial charge in [-0.1, -0.05) is 13.8 Å². The predicted octanol–water partition coefficient (Wildman–Crippen LogP) is 1.57. The van der Waals surface area contributed by atoms with Crippen LogP contribution in [-0.2, 0) is 11.3 Å². The maximum absolute atomic E-state index is 12.3. The Hall–Kier alpha value is -1.67. The number of likely N-dealkylation sites (N-methyl/N-ethyl adjacent to an activating group) is 1. The van der Waals surface area contributed by atoms with E-state index in [0.717, 1.165) is 10.7 Å². The van der Waals surface area contributed by atoms with E-state index in [1.807, 2.05) is 5.38 Å². The second-order valence-corrected chi connectivity index (χ2v) is 7.25. The number of carboxylic acids is 1. The normalized spacial score (nSPS) is 21.6. The SMILES string of the molecule is CC(C)c1nc(CN(C)C(=O)N[C@H]2C[C@@H](C(=O)O)N(C)C2)cs1. The van der Waals surface area contributed by atoms with Crippen molar-refractivity contribution in [2.24, 2.45) is 0 Å². The fourth-order valence-corrected chi connectivity index (χ4v) is 3.48. The third-order valence-electron chi connectivity index (χ3n) is 3.97. The van der Waals surface area contributed by atoms with Crippen molar-refractivity contribution in [2.75, 3.05) is 20.6 Å². The summed E-state index contributed by atoms with van der Waals surface area (Å²) in [6.07, 6.45) is 0.430. The first-order valence-electron chi connectivity index (χ1n) is 7.67. The van der Waals surface area contributed by atoms with Crippen molar-refractivity contribution in [2.45, 2.75) is 44.8 Å². The van der Waals surface area contributed by atoms with E-state index < -0.39 is 12.0 Å². The number of carbonyl (C=O) groups excluding carboxylic acids is 1. The number of nitrogens with one attached hydrogen (secondary N) is 1. The molecule has 1 aliphatic rings. The molecule has 23 heavy (non-hydrogen) atoms. The zero-order valence-corrected chi connectivity index (χ0v) is 14.8. The number of nitrogens with zero attached hydrogens (tertiary/aromatic N) is 3. The molecule has 128 valence electrons. The molecular formula is C15H24N4O3S. The van der Waals surface area contributed by atoms with Gasteiger partial charge in [-0.3, -0.25) is 9.69 Å². The van der Waals surface area contributed by atoms with Crippen molar-refractivity contribution in [3.8, 4) is 0 Å². The minimum atomic E-state index is -0.846. The molecule has 2 amide bonds. The highest BCUT2D eigenvalue weighted by Gasteiger charge is 2.35. The van der Waals surface area contributed by atoms with Crippen molar-refractivity contribution in [3.63, 3.8) is 0 Å². The summed E-state index contributed by atoms with van der Waals surface area (Å²) < 4.78 is 0. The van der Waals surface area contributed by atoms with Gasteiger partial charge in [0.1, 0.15) is 6.04 Å². The Balaban J connectivity index is 1.86. The van der Waals surface area contributed by atoms with E-state index in [2.05, 4.69) is 24.1 Å². The molecule has 2 N–H and O–H groups in total. The number of hydrogen-bond donors (Lipinski definition) is 2. The van der Waals surface area contributed by atoms with Crippen LogP contribution in [0.3, 0.4) is 0 Å². The van der Waals surface area contributed by atoms with E-state index >= 15 is 0 Å². The molecule has 0 aliphatic carbocycles. The lowest BCUT2D eigenvalue weighted by atomic mass is 10.2. The van der Waals surface area contributed by atoms with Crippen molar-refractivity contribution < 1.29 is 14.7 Å². The van der Waals surface area contributed by atoms with Gasteiger partial charge < -0.3 is 15.3 Å². The molecule has 0 aromatic carbocycles. The average molecular weight is 340 g/mol. The summed E-state index contributed by atoms with van der Waals surface area (Å²) in [4.78, 5) is 31.2. The Morgan fingerprint density at radius 1 is 1.57 bits per heavy atom. The van der Waals surface area contributed by atoms with Gasteiger partial charge in [0.15, 0.2) is 0 Å². The number of rotatable bonds is 5. The first kappa shape index (κ1) is 17.7. The van der Waals surface area contributed by atoms with E-state index in [1.165, 1.54) is 0 Å². The van der Waals surface area contributed by atoms with Crippen LogP contribution < -0.4 is 5.32 Å². The number of aromatic nitrogens is 1. The lowest BCUT2D eigenvalue weighted by Gasteiger charge is -2.20. The number of thiazole rings is 1. The molecule has 2 rings (SSSR count). The number of aliphatic carboxylic acids is 1. The number of carbonyl (C=O) groups is 2. The third-order valence-corrected chi connectivity index (χ3v) is 5.16. The van der Waals surface area contributed by atoms with Gasteiger partial charge in [-0.15, -0.1) is 11.3 Å². The van der Waals surface area contributed by atoms with Crippen molar-refractivity contribution in [3.05, 3.63) is 16.1 Å². The van der Waals surface area contributed by atoms with Crippen molar-refractivity contribution in [1.82, 2.24) is 20.1 Å². The monoisotopic (exact) mass is 340 g/mol. The summed E-state index contributed by atoms with van der Waals surface area (Å²) in [5, 5.41) is 15.1. The second kappa shape index (κ2) is 7.27.